The Morgan fingerprint density at radius 3 is 2.18 bits per heavy atom. The van der Waals surface area contributed by atoms with Gasteiger partial charge in [0.15, 0.2) is 17.5 Å². The third kappa shape index (κ3) is 7.49. The summed E-state index contributed by atoms with van der Waals surface area (Å²) in [7, 11) is 4.90. The van der Waals surface area contributed by atoms with Crippen LogP contribution in [0.5, 0.6) is 17.2 Å². The summed E-state index contributed by atoms with van der Waals surface area (Å²) in [4.78, 5) is 25.7. The number of nitrogens with zero attached hydrogens (tertiary/aromatic N) is 4. The average molecular weight is 620 g/mol. The zero-order chi connectivity index (χ0) is 30.3. The molecule has 12 heteroatoms. The van der Waals surface area contributed by atoms with E-state index in [9.17, 15) is 4.79 Å². The third-order valence-corrected chi connectivity index (χ3v) is 7.43. The molecule has 1 aliphatic heterocycles. The molecule has 232 valence electrons. The van der Waals surface area contributed by atoms with Crippen molar-refractivity contribution in [1.82, 2.24) is 14.8 Å². The number of hydrogen-bond donors (Lipinski definition) is 3. The number of anilines is 2. The van der Waals surface area contributed by atoms with Gasteiger partial charge >= 0.3 is 0 Å². The minimum atomic E-state index is -0.592. The van der Waals surface area contributed by atoms with Gasteiger partial charge in [0.05, 0.1) is 32.5 Å². The molecular weight excluding hydrogens is 582 g/mol. The van der Waals surface area contributed by atoms with Crippen LogP contribution in [0.15, 0.2) is 71.7 Å². The van der Waals surface area contributed by atoms with Crippen LogP contribution >= 0.6 is 12.4 Å². The summed E-state index contributed by atoms with van der Waals surface area (Å²) < 4.78 is 16.7. The average Bonchev–Trinajstić information content (AvgIpc) is 3.02. The highest BCUT2D eigenvalue weighted by molar-refractivity contribution is 6.04. The molecular formula is C32H38ClN7O4. The van der Waals surface area contributed by atoms with Gasteiger partial charge < -0.3 is 31.0 Å². The first-order valence-electron chi connectivity index (χ1n) is 14.0. The minimum absolute atomic E-state index is 0. The summed E-state index contributed by atoms with van der Waals surface area (Å²) in [5, 5.41) is 4.33. The van der Waals surface area contributed by atoms with Gasteiger partial charge in [-0.15, -0.1) is 12.4 Å². The van der Waals surface area contributed by atoms with Crippen LogP contribution in [-0.4, -0.2) is 74.2 Å². The van der Waals surface area contributed by atoms with Gasteiger partial charge in [-0.1, -0.05) is 30.3 Å². The summed E-state index contributed by atoms with van der Waals surface area (Å²) in [5.74, 6) is 1.07. The zero-order valence-corrected chi connectivity index (χ0v) is 25.9. The Kier molecular flexibility index (Phi) is 10.8. The number of aliphatic imine (C=N–C) groups is 1. The van der Waals surface area contributed by atoms with E-state index >= 15 is 0 Å². The lowest BCUT2D eigenvalue weighted by molar-refractivity contribution is 0.0998. The molecule has 1 aromatic heterocycles. The van der Waals surface area contributed by atoms with E-state index in [-0.39, 0.29) is 24.1 Å². The Hall–Kier alpha value is -4.58. The fourth-order valence-corrected chi connectivity index (χ4v) is 5.33. The molecule has 44 heavy (non-hydrogen) atoms. The summed E-state index contributed by atoms with van der Waals surface area (Å²) in [5.41, 5.74) is 15.6. The van der Waals surface area contributed by atoms with Crippen LogP contribution in [0.3, 0.4) is 0 Å². The number of ether oxygens (including phenoxy) is 3. The fourth-order valence-electron chi connectivity index (χ4n) is 5.33. The standard InChI is InChI=1S/C32H37N7O4.ClH/c1-41-28-12-10-22(29(42-2)30(28)43-3)20-39-15-13-38(14-16-39)19-21-9-11-25-24(17-21)26(35-23-7-5-4-6-8-23)18-27(36-25)31(40)37-32(33)34;/h4-12,17-18H,13-16,19-20H2,1-3H3,(H,35,36)(H4,33,34,37,40);1H. The first-order valence-corrected chi connectivity index (χ1v) is 14.0. The van der Waals surface area contributed by atoms with Crippen LogP contribution in [0.4, 0.5) is 11.4 Å². The molecule has 0 aliphatic carbocycles. The van der Waals surface area contributed by atoms with Crippen LogP contribution in [-0.2, 0) is 13.1 Å². The summed E-state index contributed by atoms with van der Waals surface area (Å²) in [6.07, 6.45) is 0. The second kappa shape index (κ2) is 14.7. The van der Waals surface area contributed by atoms with Crippen molar-refractivity contribution >= 4 is 46.6 Å². The Bertz CT molecular complexity index is 1620. The molecule has 2 heterocycles. The van der Waals surface area contributed by atoms with E-state index in [0.717, 1.165) is 67.2 Å². The van der Waals surface area contributed by atoms with Gasteiger partial charge in [-0.25, -0.2) is 4.98 Å². The Morgan fingerprint density at radius 1 is 0.864 bits per heavy atom. The molecule has 3 aromatic carbocycles. The van der Waals surface area contributed by atoms with E-state index in [0.29, 0.717) is 22.8 Å². The number of hydrogen-bond acceptors (Lipinski definition) is 8. The van der Waals surface area contributed by atoms with Gasteiger partial charge in [-0.2, -0.15) is 4.99 Å². The summed E-state index contributed by atoms with van der Waals surface area (Å²) in [6, 6.07) is 21.5. The largest absolute Gasteiger partial charge is 0.493 e. The number of benzene rings is 3. The minimum Gasteiger partial charge on any atom is -0.493 e. The molecule has 5 rings (SSSR count). The number of nitrogens with one attached hydrogen (secondary N) is 1. The number of carbonyl (C=O) groups excluding carboxylic acids is 1. The maximum atomic E-state index is 12.6. The van der Waals surface area contributed by atoms with E-state index in [2.05, 4.69) is 37.2 Å². The molecule has 0 unspecified atom stereocenters. The number of halogens is 1. The number of fused-ring (bicyclic) bond motifs is 1. The van der Waals surface area contributed by atoms with E-state index in [1.165, 1.54) is 0 Å². The van der Waals surface area contributed by atoms with Gasteiger partial charge in [0.25, 0.3) is 5.91 Å². The van der Waals surface area contributed by atoms with Crippen LogP contribution in [0.25, 0.3) is 10.9 Å². The highest BCUT2D eigenvalue weighted by Crippen LogP contribution is 2.40. The monoisotopic (exact) mass is 619 g/mol. The van der Waals surface area contributed by atoms with E-state index in [1.807, 2.05) is 48.5 Å². The van der Waals surface area contributed by atoms with Crippen molar-refractivity contribution in [2.24, 2.45) is 16.5 Å². The Labute approximate surface area is 263 Å². The highest BCUT2D eigenvalue weighted by atomic mass is 35.5. The molecule has 1 fully saturated rings. The Balaban J connectivity index is 0.00000442. The molecule has 0 bridgehead atoms. The number of aromatic nitrogens is 1. The van der Waals surface area contributed by atoms with E-state index in [4.69, 9.17) is 25.7 Å². The maximum Gasteiger partial charge on any atom is 0.298 e. The van der Waals surface area contributed by atoms with Gasteiger partial charge in [0.1, 0.15) is 5.69 Å². The molecule has 5 N–H and O–H groups in total. The number of para-hydroxylation sites is 1. The lowest BCUT2D eigenvalue weighted by Gasteiger charge is -2.35. The second-order valence-corrected chi connectivity index (χ2v) is 10.3. The van der Waals surface area contributed by atoms with Gasteiger partial charge in [-0.05, 0) is 42.0 Å². The molecule has 1 aliphatic rings. The first-order chi connectivity index (χ1) is 20.9. The van der Waals surface area contributed by atoms with Crippen LogP contribution in [0.1, 0.15) is 21.6 Å². The van der Waals surface area contributed by atoms with Crippen LogP contribution in [0, 0.1) is 0 Å². The SMILES string of the molecule is COc1ccc(CN2CCN(Cc3ccc4nc(C(=O)N=C(N)N)cc(Nc5ccccc5)c4c3)CC2)c(OC)c1OC.Cl. The number of rotatable bonds is 10. The van der Waals surface area contributed by atoms with Crippen molar-refractivity contribution < 1.29 is 19.0 Å². The van der Waals surface area contributed by atoms with Crippen molar-refractivity contribution in [2.45, 2.75) is 13.1 Å². The molecule has 1 amide bonds. The molecule has 0 saturated carbocycles. The van der Waals surface area contributed by atoms with Crippen molar-refractivity contribution in [1.29, 1.82) is 0 Å². The third-order valence-electron chi connectivity index (χ3n) is 7.43. The van der Waals surface area contributed by atoms with Crippen molar-refractivity contribution in [3.05, 3.63) is 83.6 Å². The number of guanidine groups is 1. The maximum absolute atomic E-state index is 12.6. The smallest absolute Gasteiger partial charge is 0.298 e. The predicted molar refractivity (Wildman–Crippen MR) is 176 cm³/mol. The van der Waals surface area contributed by atoms with Gasteiger partial charge in [-0.3, -0.25) is 14.6 Å². The van der Waals surface area contributed by atoms with Crippen molar-refractivity contribution in [3.63, 3.8) is 0 Å². The molecule has 1 saturated heterocycles. The van der Waals surface area contributed by atoms with Crippen LogP contribution < -0.4 is 31.0 Å². The molecule has 0 radical (unpaired) electrons. The first kappa shape index (κ1) is 32.3. The number of nitrogens with two attached hydrogens (primary N) is 2. The number of amides is 1. The zero-order valence-electron chi connectivity index (χ0n) is 25.1. The number of piperazine rings is 1. The summed E-state index contributed by atoms with van der Waals surface area (Å²) >= 11 is 0. The molecule has 11 nitrogen and oxygen atoms in total. The van der Waals surface area contributed by atoms with Crippen molar-refractivity contribution in [3.8, 4) is 17.2 Å². The van der Waals surface area contributed by atoms with Gasteiger partial charge in [0.2, 0.25) is 5.75 Å². The quantitative estimate of drug-likeness (QED) is 0.175. The predicted octanol–water partition coefficient (Wildman–Crippen LogP) is 4.16. The molecule has 0 spiro atoms. The molecule has 0 atom stereocenters. The second-order valence-electron chi connectivity index (χ2n) is 10.3. The topological polar surface area (TPSA) is 141 Å². The van der Waals surface area contributed by atoms with E-state index < -0.39 is 5.91 Å². The number of carbonyl (C=O) groups is 1. The molecule has 4 aromatic rings. The number of pyridine rings is 1. The Morgan fingerprint density at radius 2 is 1.55 bits per heavy atom. The lowest BCUT2D eigenvalue weighted by Crippen LogP contribution is -2.45. The normalized spacial score (nSPS) is 13.5. The lowest BCUT2D eigenvalue weighted by atomic mass is 10.1. The fraction of sp³-hybridized carbons (Fsp3) is 0.281. The van der Waals surface area contributed by atoms with Gasteiger partial charge in [0, 0.05) is 55.9 Å². The van der Waals surface area contributed by atoms with E-state index in [1.54, 1.807) is 27.4 Å². The van der Waals surface area contributed by atoms with Crippen molar-refractivity contribution in [2.75, 3.05) is 52.8 Å². The summed E-state index contributed by atoms with van der Waals surface area (Å²) in [6.45, 7) is 5.24. The highest BCUT2D eigenvalue weighted by Gasteiger charge is 2.22. The number of methoxy groups -OCH3 is 3. The van der Waals surface area contributed by atoms with Crippen LogP contribution in [0.2, 0.25) is 0 Å².